The molecule has 1 fully saturated rings. The van der Waals surface area contributed by atoms with Crippen molar-refractivity contribution in [2.24, 2.45) is 0 Å². The fourth-order valence-corrected chi connectivity index (χ4v) is 1.11. The highest BCUT2D eigenvalue weighted by atomic mass is 31.2. The van der Waals surface area contributed by atoms with Crippen molar-refractivity contribution in [3.8, 4) is 0 Å². The number of hydrogen-bond donors (Lipinski definition) is 0. The third kappa shape index (κ3) is 8.29. The zero-order valence-electron chi connectivity index (χ0n) is 13.4. The summed E-state index contributed by atoms with van der Waals surface area (Å²) < 4.78 is 22.1. The molecule has 1 saturated heterocycles. The van der Waals surface area contributed by atoms with E-state index in [9.17, 15) is 4.57 Å². The van der Waals surface area contributed by atoms with Crippen molar-refractivity contribution in [1.29, 1.82) is 0 Å². The van der Waals surface area contributed by atoms with E-state index in [0.717, 1.165) is 19.6 Å². The van der Waals surface area contributed by atoms with Crippen molar-refractivity contribution in [1.82, 2.24) is 0 Å². The summed E-state index contributed by atoms with van der Waals surface area (Å²) in [7, 11) is -1.85. The van der Waals surface area contributed by atoms with Crippen LogP contribution in [0.3, 0.4) is 0 Å². The van der Waals surface area contributed by atoms with E-state index in [1.54, 1.807) is 0 Å². The number of hydrogen-bond acceptors (Lipinski definition) is 3. The van der Waals surface area contributed by atoms with Crippen LogP contribution in [0.2, 0.25) is 0 Å². The van der Waals surface area contributed by atoms with Gasteiger partial charge in [0, 0.05) is 11.8 Å². The molecule has 0 N–H and O–H groups in total. The van der Waals surface area contributed by atoms with E-state index in [0.29, 0.717) is 6.10 Å². The number of rotatable bonds is 1. The third-order valence-electron chi connectivity index (χ3n) is 3.02. The Morgan fingerprint density at radius 2 is 1.56 bits per heavy atom. The summed E-state index contributed by atoms with van der Waals surface area (Å²) >= 11 is 0. The molecule has 1 unspecified atom stereocenters. The van der Waals surface area contributed by atoms with Crippen LogP contribution in [0.25, 0.3) is 0 Å². The minimum absolute atomic E-state index is 0.00694. The van der Waals surface area contributed by atoms with Crippen LogP contribution in [0, 0.1) is 0 Å². The molecule has 0 aromatic carbocycles. The standard InChI is InChI=1S/C8H16O2.C6H15OP/c1-8(2,3)10-7-4-5-9-6-7;1-6(2,3)8(4,5)7/h7H,4-6H2,1-3H3;1-5H3. The fraction of sp³-hybridized carbons (Fsp3) is 1.00. The maximum Gasteiger partial charge on any atom is 0.0869 e. The van der Waals surface area contributed by atoms with Crippen molar-refractivity contribution >= 4 is 7.14 Å². The predicted octanol–water partition coefficient (Wildman–Crippen LogP) is 4.00. The van der Waals surface area contributed by atoms with Gasteiger partial charge in [0.2, 0.25) is 0 Å². The molecule has 1 atom stereocenters. The molecule has 0 bridgehead atoms. The van der Waals surface area contributed by atoms with Gasteiger partial charge >= 0.3 is 0 Å². The largest absolute Gasteiger partial charge is 0.379 e. The molecule has 0 spiro atoms. The van der Waals surface area contributed by atoms with Crippen LogP contribution >= 0.6 is 7.14 Å². The first-order valence-electron chi connectivity index (χ1n) is 6.63. The summed E-state index contributed by atoms with van der Waals surface area (Å²) in [5.74, 6) is 0. The second kappa shape index (κ2) is 6.54. The first-order chi connectivity index (χ1) is 7.83. The van der Waals surface area contributed by atoms with Gasteiger partial charge in [0.05, 0.1) is 25.5 Å². The van der Waals surface area contributed by atoms with Gasteiger partial charge in [0.15, 0.2) is 0 Å². The van der Waals surface area contributed by atoms with Crippen LogP contribution in [0.5, 0.6) is 0 Å². The van der Waals surface area contributed by atoms with Gasteiger partial charge in [-0.1, -0.05) is 20.8 Å². The molecule has 18 heavy (non-hydrogen) atoms. The average Bonchev–Trinajstić information content (AvgIpc) is 2.50. The highest BCUT2D eigenvalue weighted by Crippen LogP contribution is 2.50. The summed E-state index contributed by atoms with van der Waals surface area (Å²) in [5, 5.41) is -0.00694. The first-order valence-corrected chi connectivity index (χ1v) is 9.24. The SMILES string of the molecule is CC(C)(C)OC1CCOC1.CC(C)(C)P(C)(C)=O. The topological polar surface area (TPSA) is 35.5 Å². The van der Waals surface area contributed by atoms with E-state index >= 15 is 0 Å². The van der Waals surface area contributed by atoms with E-state index < -0.39 is 7.14 Å². The quantitative estimate of drug-likeness (QED) is 0.680. The summed E-state index contributed by atoms with van der Waals surface area (Å²) in [4.78, 5) is 0. The smallest absolute Gasteiger partial charge is 0.0869 e. The number of ether oxygens (including phenoxy) is 2. The molecule has 0 amide bonds. The second-order valence-corrected chi connectivity index (χ2v) is 11.3. The van der Waals surface area contributed by atoms with Crippen LogP contribution in [0.4, 0.5) is 0 Å². The van der Waals surface area contributed by atoms with Gasteiger partial charge in [0.25, 0.3) is 0 Å². The van der Waals surface area contributed by atoms with Crippen molar-refractivity contribution in [3.63, 3.8) is 0 Å². The lowest BCUT2D eigenvalue weighted by Crippen LogP contribution is -2.27. The molecular formula is C14H31O3P. The molecular weight excluding hydrogens is 247 g/mol. The molecule has 1 aliphatic heterocycles. The zero-order chi connectivity index (χ0) is 14.6. The van der Waals surface area contributed by atoms with Gasteiger partial charge in [0.1, 0.15) is 0 Å². The minimum atomic E-state index is -1.85. The van der Waals surface area contributed by atoms with Gasteiger partial charge in [-0.15, -0.1) is 0 Å². The molecule has 3 nitrogen and oxygen atoms in total. The second-order valence-electron chi connectivity index (χ2n) is 7.24. The van der Waals surface area contributed by atoms with Crippen LogP contribution < -0.4 is 0 Å². The highest BCUT2D eigenvalue weighted by Gasteiger charge is 2.25. The molecule has 4 heteroatoms. The Bertz CT molecular complexity index is 274. The fourth-order valence-electron chi connectivity index (χ4n) is 1.11. The lowest BCUT2D eigenvalue weighted by Gasteiger charge is -2.23. The van der Waals surface area contributed by atoms with Crippen LogP contribution in [-0.4, -0.2) is 43.4 Å². The molecule has 110 valence electrons. The van der Waals surface area contributed by atoms with E-state index in [1.807, 2.05) is 34.1 Å². The monoisotopic (exact) mass is 278 g/mol. The lowest BCUT2D eigenvalue weighted by molar-refractivity contribution is -0.0605. The lowest BCUT2D eigenvalue weighted by atomic mass is 10.2. The van der Waals surface area contributed by atoms with Crippen molar-refractivity contribution in [2.45, 2.75) is 64.8 Å². The summed E-state index contributed by atoms with van der Waals surface area (Å²) in [6.45, 7) is 17.5. The van der Waals surface area contributed by atoms with Gasteiger partial charge in [-0.2, -0.15) is 0 Å². The van der Waals surface area contributed by atoms with Crippen LogP contribution in [0.15, 0.2) is 0 Å². The zero-order valence-corrected chi connectivity index (χ0v) is 14.3. The van der Waals surface area contributed by atoms with Crippen molar-refractivity contribution in [2.75, 3.05) is 26.5 Å². The normalized spacial score (nSPS) is 21.4. The molecule has 0 saturated carbocycles. The summed E-state index contributed by atoms with van der Waals surface area (Å²) in [6, 6.07) is 0. The van der Waals surface area contributed by atoms with E-state index in [1.165, 1.54) is 0 Å². The van der Waals surface area contributed by atoms with Gasteiger partial charge in [-0.25, -0.2) is 0 Å². The van der Waals surface area contributed by atoms with Gasteiger partial charge in [-0.05, 0) is 40.5 Å². The minimum Gasteiger partial charge on any atom is -0.379 e. The summed E-state index contributed by atoms with van der Waals surface area (Å²) in [5.41, 5.74) is -0.0155. The molecule has 0 aromatic heterocycles. The Morgan fingerprint density at radius 1 is 1.11 bits per heavy atom. The maximum absolute atomic E-state index is 11.2. The average molecular weight is 278 g/mol. The van der Waals surface area contributed by atoms with Gasteiger partial charge < -0.3 is 14.0 Å². The van der Waals surface area contributed by atoms with Crippen molar-refractivity contribution < 1.29 is 14.0 Å². The van der Waals surface area contributed by atoms with E-state index in [2.05, 4.69) is 20.8 Å². The molecule has 1 aliphatic rings. The Kier molecular flexibility index (Phi) is 6.60. The molecule has 0 radical (unpaired) electrons. The third-order valence-corrected chi connectivity index (χ3v) is 6.25. The van der Waals surface area contributed by atoms with E-state index in [4.69, 9.17) is 9.47 Å². The summed E-state index contributed by atoms with van der Waals surface area (Å²) in [6.07, 6.45) is 1.39. The maximum atomic E-state index is 11.2. The first kappa shape index (κ1) is 18.1. The highest BCUT2D eigenvalue weighted by molar-refractivity contribution is 7.63. The van der Waals surface area contributed by atoms with Crippen LogP contribution in [-0.2, 0) is 14.0 Å². The van der Waals surface area contributed by atoms with Crippen LogP contribution in [0.1, 0.15) is 48.0 Å². The van der Waals surface area contributed by atoms with Crippen molar-refractivity contribution in [3.05, 3.63) is 0 Å². The predicted molar refractivity (Wildman–Crippen MR) is 79.3 cm³/mol. The molecule has 0 aliphatic carbocycles. The molecule has 0 aromatic rings. The Morgan fingerprint density at radius 3 is 1.78 bits per heavy atom. The van der Waals surface area contributed by atoms with E-state index in [-0.39, 0.29) is 10.8 Å². The Balaban J connectivity index is 0.000000331. The molecule has 1 rings (SSSR count). The Labute approximate surface area is 113 Å². The van der Waals surface area contributed by atoms with Gasteiger partial charge in [-0.3, -0.25) is 0 Å². The molecule has 1 heterocycles. The Hall–Kier alpha value is 0.150.